The van der Waals surface area contributed by atoms with E-state index in [9.17, 15) is 0 Å². The molecule has 1 heterocycles. The molecule has 0 saturated heterocycles. The van der Waals surface area contributed by atoms with Crippen molar-refractivity contribution in [3.05, 3.63) is 16.6 Å². The van der Waals surface area contributed by atoms with Gasteiger partial charge in [-0.3, -0.25) is 0 Å². The predicted molar refractivity (Wildman–Crippen MR) is 38.5 cm³/mol. The molecule has 1 N–H and O–H groups in total. The largest absolute Gasteiger partial charge is 0.391 e. The number of aliphatic hydroxyl groups excluding tert-OH is 1. The molecule has 0 bridgehead atoms. The zero-order valence-corrected chi connectivity index (χ0v) is 6.19. The van der Waals surface area contributed by atoms with Crippen molar-refractivity contribution < 1.29 is 5.11 Å². The van der Waals surface area contributed by atoms with Crippen molar-refractivity contribution in [2.24, 2.45) is 0 Å². The zero-order valence-electron chi connectivity index (χ0n) is 5.37. The lowest BCUT2D eigenvalue weighted by molar-refractivity contribution is 0.310. The second kappa shape index (κ2) is 2.94. The van der Waals surface area contributed by atoms with E-state index >= 15 is 0 Å². The maximum absolute atomic E-state index is 8.53. The Kier molecular flexibility index (Phi) is 2.19. The van der Waals surface area contributed by atoms with Gasteiger partial charge in [0, 0.05) is 10.5 Å². The van der Waals surface area contributed by atoms with Crippen LogP contribution < -0.4 is 0 Å². The second-order valence-corrected chi connectivity index (χ2v) is 3.68. The summed E-state index contributed by atoms with van der Waals surface area (Å²) < 4.78 is 0. The molecular weight excluding hydrogens is 134 g/mol. The fourth-order valence-corrected chi connectivity index (χ4v) is 1.94. The second-order valence-electron chi connectivity index (χ2n) is 1.89. The number of rotatable bonds is 2. The summed E-state index contributed by atoms with van der Waals surface area (Å²) in [6.07, 6.45) is 0. The highest BCUT2D eigenvalue weighted by atomic mass is 32.2. The summed E-state index contributed by atoms with van der Waals surface area (Å²) in [7, 11) is 0.139. The zero-order chi connectivity index (χ0) is 6.69. The lowest BCUT2D eigenvalue weighted by atomic mass is 10.6. The van der Waals surface area contributed by atoms with Gasteiger partial charge < -0.3 is 5.11 Å². The third kappa shape index (κ3) is 1.77. The quantitative estimate of drug-likeness (QED) is 0.631. The van der Waals surface area contributed by atoms with E-state index in [0.717, 1.165) is 11.4 Å². The Morgan fingerprint density at radius 1 is 1.78 bits per heavy atom. The minimum atomic E-state index is 0.139. The van der Waals surface area contributed by atoms with Gasteiger partial charge in [0.2, 0.25) is 5.51 Å². The van der Waals surface area contributed by atoms with Gasteiger partial charge in [0.05, 0.1) is 12.3 Å². The van der Waals surface area contributed by atoms with Gasteiger partial charge in [0.1, 0.15) is 0 Å². The molecule has 1 unspecified atom stereocenters. The number of thiazole rings is 1. The Balaban J connectivity index is 2.61. The van der Waals surface area contributed by atoms with Gasteiger partial charge in [-0.25, -0.2) is 4.98 Å². The van der Waals surface area contributed by atoms with Crippen LogP contribution in [0.15, 0.2) is 10.9 Å². The number of hydrogen-bond acceptors (Lipinski definition) is 2. The van der Waals surface area contributed by atoms with E-state index in [1.165, 1.54) is 0 Å². The first-order chi connectivity index (χ1) is 4.33. The normalized spacial score (nSPS) is 12.0. The molecule has 1 atom stereocenters. The molecule has 0 aliphatic rings. The molecule has 0 aliphatic carbocycles. The van der Waals surface area contributed by atoms with Gasteiger partial charge in [-0.2, -0.15) is 0 Å². The molecule has 0 fully saturated rings. The van der Waals surface area contributed by atoms with Crippen molar-refractivity contribution in [1.82, 2.24) is 4.98 Å². The summed E-state index contributed by atoms with van der Waals surface area (Å²) in [6, 6.07) is 0. The Hall–Kier alpha value is -0.410. The van der Waals surface area contributed by atoms with Gasteiger partial charge >= 0.3 is 0 Å². The Labute approximate surface area is 57.1 Å². The van der Waals surface area contributed by atoms with Crippen molar-refractivity contribution in [3.8, 4) is 0 Å². The average molecular weight is 144 g/mol. The molecule has 2 nitrogen and oxygen atoms in total. The highest BCUT2D eigenvalue weighted by Gasteiger charge is 2.02. The molecule has 0 radical (unpaired) electrons. The topological polar surface area (TPSA) is 33.1 Å². The first-order valence-electron chi connectivity index (χ1n) is 2.85. The van der Waals surface area contributed by atoms with Gasteiger partial charge in [-0.15, -0.1) is 0 Å². The number of hydrogen-bond donors (Lipinski definition) is 1. The lowest BCUT2D eigenvalue weighted by Crippen LogP contribution is -1.78. The third-order valence-corrected chi connectivity index (χ3v) is 2.71. The Morgan fingerprint density at radius 2 is 2.56 bits per heavy atom. The molecule has 0 aliphatic heterocycles. The molecular formula is C6H10NOS+. The van der Waals surface area contributed by atoms with Gasteiger partial charge in [-0.1, -0.05) is 0 Å². The first-order valence-corrected chi connectivity index (χ1v) is 4.37. The predicted octanol–water partition coefficient (Wildman–Crippen LogP) is 1.13. The Morgan fingerprint density at radius 3 is 3.00 bits per heavy atom. The van der Waals surface area contributed by atoms with Crippen LogP contribution in [0.3, 0.4) is 0 Å². The maximum atomic E-state index is 8.53. The number of aliphatic hydroxyl groups is 1. The fraction of sp³-hybridized carbons (Fsp3) is 0.500. The van der Waals surface area contributed by atoms with Crippen LogP contribution >= 0.6 is 10.5 Å². The van der Waals surface area contributed by atoms with Crippen molar-refractivity contribution in [2.45, 2.75) is 12.7 Å². The van der Waals surface area contributed by atoms with Crippen LogP contribution in [0.1, 0.15) is 5.69 Å². The van der Waals surface area contributed by atoms with E-state index in [4.69, 9.17) is 5.11 Å². The summed E-state index contributed by atoms with van der Waals surface area (Å²) in [5.41, 5.74) is 2.98. The SMILES string of the molecule is Cc1c[s+](CCO)cn1. The molecule has 1 aromatic rings. The van der Waals surface area contributed by atoms with Crippen LogP contribution in [0.25, 0.3) is 0 Å². The molecule has 50 valence electrons. The highest BCUT2D eigenvalue weighted by Crippen LogP contribution is 2.17. The van der Waals surface area contributed by atoms with Crippen LogP contribution in [-0.4, -0.2) is 16.7 Å². The highest BCUT2D eigenvalue weighted by molar-refractivity contribution is 7.27. The van der Waals surface area contributed by atoms with Crippen LogP contribution in [-0.2, 0) is 5.75 Å². The molecule has 1 rings (SSSR count). The van der Waals surface area contributed by atoms with E-state index < -0.39 is 0 Å². The molecule has 9 heavy (non-hydrogen) atoms. The van der Waals surface area contributed by atoms with Crippen LogP contribution in [0.4, 0.5) is 0 Å². The maximum Gasteiger partial charge on any atom is 0.229 e. The summed E-state index contributed by atoms with van der Waals surface area (Å²) in [5.74, 6) is 0.834. The average Bonchev–Trinajstić information content (AvgIpc) is 2.17. The monoisotopic (exact) mass is 144 g/mol. The first kappa shape index (κ1) is 6.71. The number of nitrogens with zero attached hydrogens (tertiary/aromatic N) is 1. The van der Waals surface area contributed by atoms with Crippen LogP contribution in [0.5, 0.6) is 0 Å². The fourth-order valence-electron chi connectivity index (χ4n) is 0.648. The van der Waals surface area contributed by atoms with Crippen molar-refractivity contribution in [1.29, 1.82) is 0 Å². The Bertz CT molecular complexity index is 185. The van der Waals surface area contributed by atoms with E-state index in [1.54, 1.807) is 0 Å². The molecule has 3 heteroatoms. The van der Waals surface area contributed by atoms with Crippen LogP contribution in [0, 0.1) is 6.92 Å². The van der Waals surface area contributed by atoms with Gasteiger partial charge in [0.15, 0.2) is 11.1 Å². The number of aryl methyl sites for hydroxylation is 1. The van der Waals surface area contributed by atoms with E-state index in [1.807, 2.05) is 12.4 Å². The minimum Gasteiger partial charge on any atom is -0.391 e. The molecule has 0 spiro atoms. The van der Waals surface area contributed by atoms with E-state index in [0.29, 0.717) is 0 Å². The summed E-state index contributed by atoms with van der Waals surface area (Å²) >= 11 is 0. The van der Waals surface area contributed by atoms with Gasteiger partial charge in [-0.05, 0) is 6.92 Å². The van der Waals surface area contributed by atoms with Crippen molar-refractivity contribution in [2.75, 3.05) is 6.61 Å². The lowest BCUT2D eigenvalue weighted by Gasteiger charge is -1.77. The molecule has 0 amide bonds. The van der Waals surface area contributed by atoms with E-state index in [2.05, 4.69) is 10.4 Å². The van der Waals surface area contributed by atoms with E-state index in [-0.39, 0.29) is 17.1 Å². The van der Waals surface area contributed by atoms with Crippen LogP contribution in [0.2, 0.25) is 0 Å². The summed E-state index contributed by atoms with van der Waals surface area (Å²) in [5, 5.41) is 10.6. The smallest absolute Gasteiger partial charge is 0.229 e. The summed E-state index contributed by atoms with van der Waals surface area (Å²) in [4.78, 5) is 4.07. The summed E-state index contributed by atoms with van der Waals surface area (Å²) in [6.45, 7) is 2.24. The standard InChI is InChI=1S/C6H10NOS/c1-6-4-9(3-2-8)5-7-6/h4-5,8H,2-3H2,1H3/q+1. The molecule has 0 aromatic carbocycles. The third-order valence-electron chi connectivity index (χ3n) is 1.04. The van der Waals surface area contributed by atoms with Crippen molar-refractivity contribution >= 4 is 10.5 Å². The van der Waals surface area contributed by atoms with Gasteiger partial charge in [0.25, 0.3) is 0 Å². The number of aromatic nitrogens is 1. The van der Waals surface area contributed by atoms with Crippen molar-refractivity contribution in [3.63, 3.8) is 0 Å². The molecule has 1 aromatic heterocycles. The minimum absolute atomic E-state index is 0.139. The molecule has 0 saturated carbocycles.